The van der Waals surface area contributed by atoms with Crippen LogP contribution in [0.4, 0.5) is 0 Å². The summed E-state index contributed by atoms with van der Waals surface area (Å²) in [5, 5.41) is 87.8. The van der Waals surface area contributed by atoms with E-state index in [0.29, 0.717) is 12.8 Å². The van der Waals surface area contributed by atoms with E-state index in [-0.39, 0.29) is 12.5 Å². The number of unbranched alkanes of at least 4 members (excludes halogenated alkanes) is 37. The molecule has 0 bridgehead atoms. The Hall–Kier alpha value is -2.83. The second-order valence-corrected chi connectivity index (χ2v) is 27.1. The Kier molecular flexibility index (Phi) is 59.0. The first kappa shape index (κ1) is 87.3. The molecule has 9 N–H and O–H groups in total. The summed E-state index contributed by atoms with van der Waals surface area (Å²) in [4.78, 5) is 13.4. The Balaban J connectivity index is 1.63. The molecule has 1 amide bonds. The number of aliphatic hydroxyl groups excluding tert-OH is 8. The highest BCUT2D eigenvalue weighted by atomic mass is 16.7. The van der Waals surface area contributed by atoms with Crippen molar-refractivity contribution in [2.24, 2.45) is 0 Å². The van der Waals surface area contributed by atoms with Gasteiger partial charge in [0.2, 0.25) is 5.91 Å². The number of allylic oxidation sites excluding steroid dienone is 14. The van der Waals surface area contributed by atoms with E-state index in [4.69, 9.17) is 18.9 Å². The van der Waals surface area contributed by atoms with Gasteiger partial charge in [0.05, 0.1) is 32.0 Å². The molecule has 14 heteroatoms. The van der Waals surface area contributed by atoms with Gasteiger partial charge < -0.3 is 65.1 Å². The smallest absolute Gasteiger partial charge is 0.220 e. The summed E-state index contributed by atoms with van der Waals surface area (Å²) in [6.07, 6.45) is 71.7. The summed E-state index contributed by atoms with van der Waals surface area (Å²) in [7, 11) is 0. The molecule has 0 aliphatic carbocycles. The van der Waals surface area contributed by atoms with Crippen LogP contribution < -0.4 is 5.32 Å². The molecule has 2 saturated heterocycles. The minimum Gasteiger partial charge on any atom is -0.394 e. The van der Waals surface area contributed by atoms with Crippen LogP contribution in [0.3, 0.4) is 0 Å². The zero-order valence-corrected chi connectivity index (χ0v) is 59.7. The lowest BCUT2D eigenvalue weighted by molar-refractivity contribution is -0.359. The molecule has 546 valence electrons. The number of nitrogens with one attached hydrogen (secondary N) is 1. The van der Waals surface area contributed by atoms with Crippen molar-refractivity contribution >= 4 is 5.91 Å². The van der Waals surface area contributed by atoms with E-state index in [1.807, 2.05) is 0 Å². The minimum atomic E-state index is -1.79. The fourth-order valence-corrected chi connectivity index (χ4v) is 12.5. The van der Waals surface area contributed by atoms with Crippen LogP contribution in [0.15, 0.2) is 85.1 Å². The second kappa shape index (κ2) is 63.6. The summed E-state index contributed by atoms with van der Waals surface area (Å²) < 4.78 is 23.0. The molecule has 2 fully saturated rings. The molecule has 2 heterocycles. The van der Waals surface area contributed by atoms with Crippen LogP contribution in [0.1, 0.15) is 322 Å². The van der Waals surface area contributed by atoms with Crippen molar-refractivity contribution in [1.29, 1.82) is 0 Å². The average molecular weight is 1330 g/mol. The van der Waals surface area contributed by atoms with Gasteiger partial charge in [0.25, 0.3) is 0 Å². The lowest BCUT2D eigenvalue weighted by Gasteiger charge is -2.46. The van der Waals surface area contributed by atoms with Crippen LogP contribution in [0, 0.1) is 0 Å². The van der Waals surface area contributed by atoms with E-state index in [9.17, 15) is 45.6 Å². The third-order valence-electron chi connectivity index (χ3n) is 18.6. The number of amides is 1. The van der Waals surface area contributed by atoms with Gasteiger partial charge in [0.1, 0.15) is 48.8 Å². The van der Waals surface area contributed by atoms with Crippen molar-refractivity contribution in [1.82, 2.24) is 5.32 Å². The Morgan fingerprint density at radius 3 is 1.13 bits per heavy atom. The van der Waals surface area contributed by atoms with Crippen LogP contribution in [0.25, 0.3) is 0 Å². The molecular formula is C80H143NO13. The van der Waals surface area contributed by atoms with E-state index < -0.39 is 86.8 Å². The number of aliphatic hydroxyl groups is 8. The monoisotopic (exact) mass is 1330 g/mol. The number of hydrogen-bond donors (Lipinski definition) is 9. The van der Waals surface area contributed by atoms with Gasteiger partial charge in [0.15, 0.2) is 12.6 Å². The third kappa shape index (κ3) is 46.4. The van der Waals surface area contributed by atoms with E-state index in [1.165, 1.54) is 193 Å². The van der Waals surface area contributed by atoms with Crippen molar-refractivity contribution in [3.8, 4) is 0 Å². The largest absolute Gasteiger partial charge is 0.394 e. The standard InChI is InChI=1S/C80H143NO13/c1-3-5-7-9-11-13-15-17-19-21-23-25-27-29-31-32-33-34-35-36-38-40-42-44-46-48-50-52-54-56-58-60-62-64-72(85)81-68(67-91-79-77(90)75(88)78(71(66-83)93-79)94-80-76(89)74(87)73(86)70(65-82)92-80)69(84)63-61-59-57-55-53-51-49-47-45-43-41-39-37-30-28-26-24-22-20-18-16-14-12-10-8-6-4-2/h5,7,11,13,17,19,23,25,29,31,33-34,36,38,68-71,73-80,82-84,86-90H,3-4,6,8-10,12,14-16,18,20-22,24,26-28,30,32,35,37,39-67H2,1-2H3,(H,81,85)/b7-5-,13-11-,19-17-,25-23-,31-29-,34-33-,38-36-. The maximum Gasteiger partial charge on any atom is 0.220 e. The van der Waals surface area contributed by atoms with Gasteiger partial charge in [0, 0.05) is 6.42 Å². The van der Waals surface area contributed by atoms with Crippen LogP contribution in [0.2, 0.25) is 0 Å². The fraction of sp³-hybridized carbons (Fsp3) is 0.812. The predicted molar refractivity (Wildman–Crippen MR) is 387 cm³/mol. The summed E-state index contributed by atoms with van der Waals surface area (Å²) in [5.74, 6) is -0.209. The molecule has 12 unspecified atom stereocenters. The number of carbonyl (C=O) groups excluding carboxylic acids is 1. The summed E-state index contributed by atoms with van der Waals surface area (Å²) >= 11 is 0. The summed E-state index contributed by atoms with van der Waals surface area (Å²) in [6, 6.07) is -0.837. The van der Waals surface area contributed by atoms with E-state index in [1.54, 1.807) is 0 Å². The Morgan fingerprint density at radius 1 is 0.394 bits per heavy atom. The first-order valence-electron chi connectivity index (χ1n) is 38.8. The van der Waals surface area contributed by atoms with Crippen molar-refractivity contribution in [3.05, 3.63) is 85.1 Å². The molecule has 0 radical (unpaired) electrons. The van der Waals surface area contributed by atoms with Gasteiger partial charge in [-0.2, -0.15) is 0 Å². The highest BCUT2D eigenvalue weighted by Crippen LogP contribution is 2.30. The summed E-state index contributed by atoms with van der Waals surface area (Å²) in [5.41, 5.74) is 0. The molecule has 0 aromatic heterocycles. The molecule has 2 aliphatic rings. The molecular weight excluding hydrogens is 1180 g/mol. The van der Waals surface area contributed by atoms with Crippen LogP contribution >= 0.6 is 0 Å². The fourth-order valence-electron chi connectivity index (χ4n) is 12.5. The van der Waals surface area contributed by atoms with Crippen LogP contribution in [-0.2, 0) is 23.7 Å². The van der Waals surface area contributed by atoms with Crippen LogP contribution in [0.5, 0.6) is 0 Å². The maximum atomic E-state index is 13.4. The Labute approximate surface area is 573 Å². The van der Waals surface area contributed by atoms with E-state index >= 15 is 0 Å². The van der Waals surface area contributed by atoms with Gasteiger partial charge in [-0.05, 0) is 70.6 Å². The molecule has 0 aromatic rings. The number of hydrogen-bond acceptors (Lipinski definition) is 13. The van der Waals surface area contributed by atoms with Gasteiger partial charge in [-0.3, -0.25) is 4.79 Å². The third-order valence-corrected chi connectivity index (χ3v) is 18.6. The molecule has 94 heavy (non-hydrogen) atoms. The Bertz CT molecular complexity index is 1900. The zero-order chi connectivity index (χ0) is 68.0. The number of carbonyl (C=O) groups is 1. The van der Waals surface area contributed by atoms with Gasteiger partial charge in [-0.1, -0.05) is 330 Å². The second-order valence-electron chi connectivity index (χ2n) is 27.1. The molecule has 0 aromatic carbocycles. The lowest BCUT2D eigenvalue weighted by atomic mass is 9.97. The molecule has 14 nitrogen and oxygen atoms in total. The quantitative estimate of drug-likeness (QED) is 0.0204. The highest BCUT2D eigenvalue weighted by Gasteiger charge is 2.51. The first-order valence-corrected chi connectivity index (χ1v) is 38.8. The lowest BCUT2D eigenvalue weighted by Crippen LogP contribution is -2.65. The SMILES string of the molecule is CC/C=C\C/C=C\C/C=C\C/C=C\C/C=C\C/C=C\C/C=C\CCCCCCCCCCCCCC(=O)NC(COC1OC(CO)C(OC2OC(CO)C(O)C(O)C2O)C(O)C1O)C(O)CCCCCCCCCCCCCCCCCCCCCCCCCCCCC. The van der Waals surface area contributed by atoms with Crippen molar-refractivity contribution in [3.63, 3.8) is 0 Å². The maximum absolute atomic E-state index is 13.4. The Morgan fingerprint density at radius 2 is 0.734 bits per heavy atom. The minimum absolute atomic E-state index is 0.209. The van der Waals surface area contributed by atoms with Gasteiger partial charge >= 0.3 is 0 Å². The normalized spacial score (nSPS) is 22.9. The molecule has 0 spiro atoms. The average Bonchev–Trinajstić information content (AvgIpc) is 0.794. The topological polar surface area (TPSA) is 228 Å². The van der Waals surface area contributed by atoms with Gasteiger partial charge in [-0.25, -0.2) is 0 Å². The molecule has 2 rings (SSSR count). The highest BCUT2D eigenvalue weighted by molar-refractivity contribution is 5.76. The van der Waals surface area contributed by atoms with Crippen molar-refractivity contribution in [2.75, 3.05) is 19.8 Å². The van der Waals surface area contributed by atoms with Crippen LogP contribution in [-0.4, -0.2) is 140 Å². The number of ether oxygens (including phenoxy) is 4. The molecule has 0 saturated carbocycles. The van der Waals surface area contributed by atoms with Gasteiger partial charge in [-0.15, -0.1) is 0 Å². The summed E-state index contributed by atoms with van der Waals surface area (Å²) in [6.45, 7) is 2.79. The first-order chi connectivity index (χ1) is 46.1. The van der Waals surface area contributed by atoms with Crippen molar-refractivity contribution in [2.45, 2.75) is 396 Å². The molecule has 2 aliphatic heterocycles. The molecule has 12 atom stereocenters. The van der Waals surface area contributed by atoms with Crippen molar-refractivity contribution < 1.29 is 64.6 Å². The zero-order valence-electron chi connectivity index (χ0n) is 59.7. The number of rotatable bonds is 64. The van der Waals surface area contributed by atoms with E-state index in [0.717, 1.165) is 103 Å². The van der Waals surface area contributed by atoms with E-state index in [2.05, 4.69) is 104 Å². The predicted octanol–water partition coefficient (Wildman–Crippen LogP) is 17.1.